The third-order valence-corrected chi connectivity index (χ3v) is 6.02. The zero-order valence-electron chi connectivity index (χ0n) is 12.7. The monoisotopic (exact) mass is 335 g/mol. The molecule has 3 rings (SSSR count). The van der Waals surface area contributed by atoms with E-state index < -0.39 is 0 Å². The number of nitrogens with one attached hydrogen (secondary N) is 1. The fraction of sp³-hybridized carbons (Fsp3) is 0.562. The average Bonchev–Trinajstić information content (AvgIpc) is 2.86. The summed E-state index contributed by atoms with van der Waals surface area (Å²) < 4.78 is 0. The lowest BCUT2D eigenvalue weighted by Crippen LogP contribution is -2.39. The first-order valence-electron chi connectivity index (χ1n) is 7.89. The van der Waals surface area contributed by atoms with Crippen molar-refractivity contribution in [2.24, 2.45) is 0 Å². The zero-order chi connectivity index (χ0) is 15.4. The summed E-state index contributed by atoms with van der Waals surface area (Å²) in [6.45, 7) is 1.96. The molecule has 6 heteroatoms. The Labute approximate surface area is 139 Å². The average molecular weight is 335 g/mol. The van der Waals surface area contributed by atoms with Gasteiger partial charge in [0.1, 0.15) is 16.2 Å². The summed E-state index contributed by atoms with van der Waals surface area (Å²) in [5, 5.41) is 7.04. The Morgan fingerprint density at radius 2 is 2.09 bits per heavy atom. The van der Waals surface area contributed by atoms with Crippen molar-refractivity contribution in [1.29, 1.82) is 0 Å². The molecule has 0 aliphatic heterocycles. The topological polar surface area (TPSA) is 54.9 Å². The maximum absolute atomic E-state index is 12.4. The van der Waals surface area contributed by atoms with Crippen LogP contribution >= 0.6 is 23.1 Å². The lowest BCUT2D eigenvalue weighted by molar-refractivity contribution is -0.121. The number of rotatable bonds is 4. The van der Waals surface area contributed by atoms with Crippen molar-refractivity contribution in [1.82, 2.24) is 15.3 Å². The number of nitrogens with zero attached hydrogens (tertiary/aromatic N) is 2. The molecule has 0 saturated heterocycles. The normalized spacial score (nSPS) is 18.0. The molecular formula is C16H21N3OS2. The molecule has 1 amide bonds. The molecule has 0 aromatic carbocycles. The van der Waals surface area contributed by atoms with E-state index in [1.807, 2.05) is 18.4 Å². The second-order valence-corrected chi connectivity index (χ2v) is 8.00. The van der Waals surface area contributed by atoms with Crippen molar-refractivity contribution in [3.63, 3.8) is 0 Å². The van der Waals surface area contributed by atoms with E-state index in [1.54, 1.807) is 17.7 Å². The first kappa shape index (κ1) is 15.7. The lowest BCUT2D eigenvalue weighted by Gasteiger charge is -2.19. The minimum absolute atomic E-state index is 0.124. The van der Waals surface area contributed by atoms with Gasteiger partial charge in [-0.15, -0.1) is 11.3 Å². The van der Waals surface area contributed by atoms with Crippen LogP contribution in [0.4, 0.5) is 0 Å². The highest BCUT2D eigenvalue weighted by atomic mass is 32.2. The smallest absolute Gasteiger partial charge is 0.233 e. The summed E-state index contributed by atoms with van der Waals surface area (Å²) in [6.07, 6.45) is 8.87. The molecule has 2 aromatic heterocycles. The van der Waals surface area contributed by atoms with Crippen LogP contribution in [0.5, 0.6) is 0 Å². The Morgan fingerprint density at radius 3 is 2.86 bits per heavy atom. The van der Waals surface area contributed by atoms with Crippen molar-refractivity contribution < 1.29 is 4.79 Å². The van der Waals surface area contributed by atoms with Crippen molar-refractivity contribution in [2.75, 3.05) is 0 Å². The van der Waals surface area contributed by atoms with Gasteiger partial charge in [0, 0.05) is 11.4 Å². The molecule has 1 saturated carbocycles. The quantitative estimate of drug-likeness (QED) is 0.521. The minimum atomic E-state index is -0.138. The van der Waals surface area contributed by atoms with Gasteiger partial charge in [0.25, 0.3) is 0 Å². The summed E-state index contributed by atoms with van der Waals surface area (Å²) in [7, 11) is 0. The van der Waals surface area contributed by atoms with E-state index in [1.165, 1.54) is 37.4 Å². The molecule has 118 valence electrons. The van der Waals surface area contributed by atoms with E-state index in [0.29, 0.717) is 6.04 Å². The third kappa shape index (κ3) is 3.79. The molecular weight excluding hydrogens is 314 g/mol. The van der Waals surface area contributed by atoms with Gasteiger partial charge in [-0.2, -0.15) is 0 Å². The Bertz CT molecular complexity index is 635. The second-order valence-electron chi connectivity index (χ2n) is 5.78. The van der Waals surface area contributed by atoms with Gasteiger partial charge in [0.2, 0.25) is 5.91 Å². The number of hydrogen-bond donors (Lipinski definition) is 1. The first-order valence-corrected chi connectivity index (χ1v) is 9.65. The fourth-order valence-electron chi connectivity index (χ4n) is 2.82. The van der Waals surface area contributed by atoms with E-state index in [0.717, 1.165) is 28.1 Å². The molecule has 2 aromatic rings. The van der Waals surface area contributed by atoms with Gasteiger partial charge in [-0.3, -0.25) is 4.79 Å². The van der Waals surface area contributed by atoms with E-state index in [9.17, 15) is 4.79 Å². The molecule has 1 N–H and O–H groups in total. The lowest BCUT2D eigenvalue weighted by atomic mass is 10.1. The van der Waals surface area contributed by atoms with Gasteiger partial charge in [0.05, 0.1) is 5.25 Å². The summed E-state index contributed by atoms with van der Waals surface area (Å²) in [5.41, 5.74) is 0. The summed E-state index contributed by atoms with van der Waals surface area (Å²) >= 11 is 3.13. The maximum atomic E-state index is 12.4. The van der Waals surface area contributed by atoms with Crippen LogP contribution in [0.1, 0.15) is 45.4 Å². The predicted octanol–water partition coefficient (Wildman–Crippen LogP) is 4.01. The molecule has 1 aliphatic rings. The number of hydrogen-bond acceptors (Lipinski definition) is 5. The molecule has 1 fully saturated rings. The standard InChI is InChI=1S/C16H21N3OS2/c1-11(14(20)19-12-6-4-2-3-5-7-12)22-16-13-8-9-21-15(13)17-10-18-16/h8-12H,2-7H2,1H3,(H,19,20)/t11-/m1/s1. The van der Waals surface area contributed by atoms with E-state index in [-0.39, 0.29) is 11.2 Å². The molecule has 1 aliphatic carbocycles. The van der Waals surface area contributed by atoms with Crippen molar-refractivity contribution >= 4 is 39.2 Å². The van der Waals surface area contributed by atoms with Gasteiger partial charge in [0.15, 0.2) is 0 Å². The van der Waals surface area contributed by atoms with E-state index in [4.69, 9.17) is 0 Å². The predicted molar refractivity (Wildman–Crippen MR) is 92.4 cm³/mol. The Kier molecular flexibility index (Phi) is 5.31. The minimum Gasteiger partial charge on any atom is -0.352 e. The van der Waals surface area contributed by atoms with E-state index >= 15 is 0 Å². The largest absolute Gasteiger partial charge is 0.352 e. The first-order chi connectivity index (χ1) is 10.7. The molecule has 1 atom stereocenters. The molecule has 4 nitrogen and oxygen atoms in total. The van der Waals surface area contributed by atoms with E-state index in [2.05, 4.69) is 15.3 Å². The fourth-order valence-corrected chi connectivity index (χ4v) is 4.53. The molecule has 2 heterocycles. The maximum Gasteiger partial charge on any atom is 0.233 e. The van der Waals surface area contributed by atoms with Crippen LogP contribution in [0.2, 0.25) is 0 Å². The second kappa shape index (κ2) is 7.42. The summed E-state index contributed by atoms with van der Waals surface area (Å²) in [4.78, 5) is 22.0. The summed E-state index contributed by atoms with van der Waals surface area (Å²) in [6, 6.07) is 2.38. The molecule has 0 spiro atoms. The number of fused-ring (bicyclic) bond motifs is 1. The highest BCUT2D eigenvalue weighted by Gasteiger charge is 2.21. The van der Waals surface area contributed by atoms with Crippen LogP contribution in [-0.2, 0) is 4.79 Å². The SMILES string of the molecule is C[C@@H](Sc1ncnc2sccc12)C(=O)NC1CCCCCC1. The van der Waals surface area contributed by atoms with Crippen molar-refractivity contribution in [3.8, 4) is 0 Å². The van der Waals surface area contributed by atoms with Crippen LogP contribution in [-0.4, -0.2) is 27.2 Å². The van der Waals surface area contributed by atoms with Crippen LogP contribution in [0.3, 0.4) is 0 Å². The number of thiophene rings is 1. The zero-order valence-corrected chi connectivity index (χ0v) is 14.4. The highest BCUT2D eigenvalue weighted by molar-refractivity contribution is 8.00. The Morgan fingerprint density at radius 1 is 1.32 bits per heavy atom. The Hall–Kier alpha value is -1.14. The van der Waals surface area contributed by atoms with Gasteiger partial charge in [-0.1, -0.05) is 37.4 Å². The number of carbonyl (C=O) groups excluding carboxylic acids is 1. The van der Waals surface area contributed by atoms with Crippen LogP contribution in [0.25, 0.3) is 10.2 Å². The van der Waals surface area contributed by atoms with Crippen LogP contribution in [0, 0.1) is 0 Å². The van der Waals surface area contributed by atoms with Gasteiger partial charge in [-0.25, -0.2) is 9.97 Å². The molecule has 0 unspecified atom stereocenters. The van der Waals surface area contributed by atoms with Crippen LogP contribution in [0.15, 0.2) is 22.8 Å². The number of thioether (sulfide) groups is 1. The van der Waals surface area contributed by atoms with Crippen molar-refractivity contribution in [2.45, 2.75) is 61.8 Å². The number of aromatic nitrogens is 2. The number of carbonyl (C=O) groups is 1. The third-order valence-electron chi connectivity index (χ3n) is 4.08. The molecule has 0 radical (unpaired) electrons. The van der Waals surface area contributed by atoms with Crippen LogP contribution < -0.4 is 5.32 Å². The van der Waals surface area contributed by atoms with Crippen molar-refractivity contribution in [3.05, 3.63) is 17.8 Å². The summed E-state index contributed by atoms with van der Waals surface area (Å²) in [5.74, 6) is 0.124. The van der Waals surface area contributed by atoms with Gasteiger partial charge in [-0.05, 0) is 31.2 Å². The molecule has 0 bridgehead atoms. The highest BCUT2D eigenvalue weighted by Crippen LogP contribution is 2.30. The van der Waals surface area contributed by atoms with Gasteiger partial charge >= 0.3 is 0 Å². The Balaban J connectivity index is 1.62. The molecule has 22 heavy (non-hydrogen) atoms. The van der Waals surface area contributed by atoms with Gasteiger partial charge < -0.3 is 5.32 Å². The number of amides is 1.